The topological polar surface area (TPSA) is 51.2 Å². The molecule has 0 aliphatic heterocycles. The molecule has 1 heterocycles. The van der Waals surface area contributed by atoms with Crippen molar-refractivity contribution in [2.75, 3.05) is 11.9 Å². The maximum Gasteiger partial charge on any atom is 0.339 e. The monoisotopic (exact) mass is 340 g/mol. The Hall–Kier alpha value is -2.43. The molecule has 2 unspecified atom stereocenters. The van der Waals surface area contributed by atoms with Crippen LogP contribution in [0.3, 0.4) is 0 Å². The molecule has 4 rings (SSSR count). The van der Waals surface area contributed by atoms with Gasteiger partial charge in [0.25, 0.3) is 0 Å². The van der Waals surface area contributed by atoms with Crippen LogP contribution in [0.4, 0.5) is 15.9 Å². The fraction of sp³-hybridized carbons (Fsp3) is 0.400. The third-order valence-electron chi connectivity index (χ3n) is 5.32. The lowest BCUT2D eigenvalue weighted by molar-refractivity contribution is 0.0524. The van der Waals surface area contributed by atoms with Gasteiger partial charge in [0.2, 0.25) is 0 Å². The number of aromatic nitrogens is 1. The Bertz CT molecular complexity index is 850. The van der Waals surface area contributed by atoms with Crippen molar-refractivity contribution in [1.29, 1.82) is 0 Å². The van der Waals surface area contributed by atoms with Gasteiger partial charge in [-0.3, -0.25) is 0 Å². The highest BCUT2D eigenvalue weighted by Gasteiger charge is 2.42. The zero-order valence-corrected chi connectivity index (χ0v) is 14.4. The minimum atomic E-state index is -0.289. The molecule has 2 atom stereocenters. The number of hydrogen-bond donors (Lipinski definition) is 1. The van der Waals surface area contributed by atoms with E-state index in [2.05, 4.69) is 10.3 Å². The van der Waals surface area contributed by atoms with Crippen molar-refractivity contribution in [3.8, 4) is 0 Å². The fourth-order valence-electron chi connectivity index (χ4n) is 4.23. The van der Waals surface area contributed by atoms with Crippen molar-refractivity contribution in [2.45, 2.75) is 44.9 Å². The number of ether oxygens (including phenoxy) is 1. The maximum absolute atomic E-state index is 13.5. The molecule has 2 bridgehead atoms. The molecule has 130 valence electrons. The minimum Gasteiger partial charge on any atom is -0.462 e. The number of nitrogens with zero attached hydrogens (tertiary/aromatic N) is 1. The van der Waals surface area contributed by atoms with E-state index in [1.54, 1.807) is 25.3 Å². The summed E-state index contributed by atoms with van der Waals surface area (Å²) in [5.74, 6) is 1.12. The Balaban J connectivity index is 1.75. The van der Waals surface area contributed by atoms with Crippen LogP contribution in [0.1, 0.15) is 65.1 Å². The van der Waals surface area contributed by atoms with Gasteiger partial charge in [0.05, 0.1) is 12.2 Å². The van der Waals surface area contributed by atoms with Crippen LogP contribution < -0.4 is 5.32 Å². The van der Waals surface area contributed by atoms with Gasteiger partial charge in [0, 0.05) is 17.4 Å². The van der Waals surface area contributed by atoms with E-state index in [4.69, 9.17) is 4.74 Å². The Morgan fingerprint density at radius 2 is 2.08 bits per heavy atom. The molecule has 1 N–H and O–H groups in total. The van der Waals surface area contributed by atoms with Gasteiger partial charge in [-0.15, -0.1) is 0 Å². The van der Waals surface area contributed by atoms with E-state index in [-0.39, 0.29) is 11.8 Å². The SMILES string of the molecule is CCOC(=O)c1cnc(Nc2ccc(F)c(C)c2)c2c1C1CCC2C1. The number of rotatable bonds is 4. The van der Waals surface area contributed by atoms with E-state index in [1.165, 1.54) is 6.07 Å². The largest absolute Gasteiger partial charge is 0.462 e. The van der Waals surface area contributed by atoms with Gasteiger partial charge in [-0.1, -0.05) is 0 Å². The molecule has 25 heavy (non-hydrogen) atoms. The first-order valence-corrected chi connectivity index (χ1v) is 8.81. The lowest BCUT2D eigenvalue weighted by Crippen LogP contribution is -2.14. The van der Waals surface area contributed by atoms with E-state index >= 15 is 0 Å². The normalized spacial score (nSPS) is 20.4. The van der Waals surface area contributed by atoms with Crippen LogP contribution in [0.25, 0.3) is 0 Å². The number of benzene rings is 1. The van der Waals surface area contributed by atoms with Crippen LogP contribution in [-0.2, 0) is 4.74 Å². The van der Waals surface area contributed by atoms with Gasteiger partial charge in [-0.05, 0) is 74.3 Å². The summed E-state index contributed by atoms with van der Waals surface area (Å²) in [5, 5.41) is 3.33. The number of anilines is 2. The molecule has 2 aromatic rings. The molecule has 0 radical (unpaired) electrons. The summed E-state index contributed by atoms with van der Waals surface area (Å²) in [5.41, 5.74) is 4.24. The molecular formula is C20H21FN2O2. The number of nitrogens with one attached hydrogen (secondary N) is 1. The number of halogens is 1. The molecule has 2 aliphatic rings. The van der Waals surface area contributed by atoms with Gasteiger partial charge < -0.3 is 10.1 Å². The fourth-order valence-corrected chi connectivity index (χ4v) is 4.23. The molecule has 0 spiro atoms. The smallest absolute Gasteiger partial charge is 0.339 e. The summed E-state index contributed by atoms with van der Waals surface area (Å²) in [7, 11) is 0. The van der Waals surface area contributed by atoms with E-state index in [0.717, 1.165) is 41.9 Å². The highest BCUT2D eigenvalue weighted by atomic mass is 19.1. The average Bonchev–Trinajstić information content (AvgIpc) is 3.21. The third-order valence-corrected chi connectivity index (χ3v) is 5.32. The second-order valence-electron chi connectivity index (χ2n) is 6.86. The molecular weight excluding hydrogens is 319 g/mol. The Kier molecular flexibility index (Phi) is 3.94. The Morgan fingerprint density at radius 3 is 2.80 bits per heavy atom. The van der Waals surface area contributed by atoms with Crippen LogP contribution in [-0.4, -0.2) is 17.6 Å². The number of fused-ring (bicyclic) bond motifs is 5. The molecule has 1 fully saturated rings. The van der Waals surface area contributed by atoms with Crippen LogP contribution >= 0.6 is 0 Å². The molecule has 1 saturated carbocycles. The first kappa shape index (κ1) is 16.1. The number of hydrogen-bond acceptors (Lipinski definition) is 4. The third kappa shape index (κ3) is 2.68. The summed E-state index contributed by atoms with van der Waals surface area (Å²) in [6, 6.07) is 4.94. The highest BCUT2D eigenvalue weighted by molar-refractivity contribution is 5.92. The van der Waals surface area contributed by atoms with E-state index in [1.807, 2.05) is 6.92 Å². The van der Waals surface area contributed by atoms with Gasteiger partial charge in [0.1, 0.15) is 11.6 Å². The summed E-state index contributed by atoms with van der Waals surface area (Å²) in [6.45, 7) is 3.91. The van der Waals surface area contributed by atoms with Crippen LogP contribution in [0, 0.1) is 12.7 Å². The Morgan fingerprint density at radius 1 is 1.32 bits per heavy atom. The second kappa shape index (κ2) is 6.14. The lowest BCUT2D eigenvalue weighted by atomic mass is 9.89. The minimum absolute atomic E-state index is 0.222. The van der Waals surface area contributed by atoms with Crippen molar-refractivity contribution < 1.29 is 13.9 Å². The van der Waals surface area contributed by atoms with Gasteiger partial charge >= 0.3 is 5.97 Å². The van der Waals surface area contributed by atoms with E-state index < -0.39 is 0 Å². The van der Waals surface area contributed by atoms with Crippen LogP contribution in [0.5, 0.6) is 0 Å². The lowest BCUT2D eigenvalue weighted by Gasteiger charge is -2.21. The second-order valence-corrected chi connectivity index (χ2v) is 6.86. The predicted molar refractivity (Wildman–Crippen MR) is 93.9 cm³/mol. The summed E-state index contributed by atoms with van der Waals surface area (Å²) < 4.78 is 18.7. The molecule has 0 amide bonds. The number of carbonyl (C=O) groups is 1. The number of carbonyl (C=O) groups excluding carboxylic acids is 1. The van der Waals surface area contributed by atoms with Gasteiger partial charge in [-0.25, -0.2) is 14.2 Å². The highest BCUT2D eigenvalue weighted by Crippen LogP contribution is 2.56. The predicted octanol–water partition coefficient (Wildman–Crippen LogP) is 4.81. The van der Waals surface area contributed by atoms with Crippen molar-refractivity contribution in [3.05, 3.63) is 52.5 Å². The molecule has 0 saturated heterocycles. The molecule has 1 aromatic carbocycles. The van der Waals surface area contributed by atoms with Gasteiger partial charge in [-0.2, -0.15) is 0 Å². The van der Waals surface area contributed by atoms with E-state index in [0.29, 0.717) is 29.6 Å². The molecule has 5 heteroatoms. The Labute approximate surface area is 146 Å². The maximum atomic E-state index is 13.5. The van der Waals surface area contributed by atoms with Crippen molar-refractivity contribution in [1.82, 2.24) is 4.98 Å². The van der Waals surface area contributed by atoms with Gasteiger partial charge in [0.15, 0.2) is 0 Å². The van der Waals surface area contributed by atoms with Crippen LogP contribution in [0.2, 0.25) is 0 Å². The summed E-state index contributed by atoms with van der Waals surface area (Å²) in [4.78, 5) is 16.8. The van der Waals surface area contributed by atoms with Crippen molar-refractivity contribution in [3.63, 3.8) is 0 Å². The van der Waals surface area contributed by atoms with Crippen LogP contribution in [0.15, 0.2) is 24.4 Å². The molecule has 1 aromatic heterocycles. The first-order valence-electron chi connectivity index (χ1n) is 8.81. The number of aryl methyl sites for hydroxylation is 1. The quantitative estimate of drug-likeness (QED) is 0.811. The van der Waals surface area contributed by atoms with Crippen molar-refractivity contribution >= 4 is 17.5 Å². The average molecular weight is 340 g/mol. The first-order chi connectivity index (χ1) is 12.1. The number of esters is 1. The summed E-state index contributed by atoms with van der Waals surface area (Å²) >= 11 is 0. The zero-order chi connectivity index (χ0) is 17.6. The van der Waals surface area contributed by atoms with E-state index in [9.17, 15) is 9.18 Å². The molecule has 2 aliphatic carbocycles. The van der Waals surface area contributed by atoms with Crippen molar-refractivity contribution in [2.24, 2.45) is 0 Å². The number of pyridine rings is 1. The zero-order valence-electron chi connectivity index (χ0n) is 14.4. The standard InChI is InChI=1S/C20H21FN2O2/c1-3-25-20(24)15-10-22-19(18-13-5-4-12(9-13)17(15)18)23-14-6-7-16(21)11(2)8-14/h6-8,10,12-13H,3-5,9H2,1-2H3,(H,22,23). The molecule has 4 nitrogen and oxygen atoms in total. The summed E-state index contributed by atoms with van der Waals surface area (Å²) in [6.07, 6.45) is 4.94.